The Balaban J connectivity index is 1.67. The lowest BCUT2D eigenvalue weighted by atomic mass is 9.98. The maximum absolute atomic E-state index is 13.3. The summed E-state index contributed by atoms with van der Waals surface area (Å²) in [6, 6.07) is 5.99. The second-order valence-electron chi connectivity index (χ2n) is 10.0. The van der Waals surface area contributed by atoms with Gasteiger partial charge in [0, 0.05) is 24.3 Å². The third-order valence-electron chi connectivity index (χ3n) is 6.30. The van der Waals surface area contributed by atoms with Gasteiger partial charge in [0.15, 0.2) is 0 Å². The van der Waals surface area contributed by atoms with Crippen molar-refractivity contribution in [3.63, 3.8) is 0 Å². The highest BCUT2D eigenvalue weighted by molar-refractivity contribution is 7.09. The predicted octanol–water partition coefficient (Wildman–Crippen LogP) is 1.50. The van der Waals surface area contributed by atoms with Crippen molar-refractivity contribution in [2.45, 2.75) is 65.3 Å². The van der Waals surface area contributed by atoms with Crippen LogP contribution in [0.2, 0.25) is 0 Å². The van der Waals surface area contributed by atoms with Gasteiger partial charge in [-0.05, 0) is 17.4 Å². The van der Waals surface area contributed by atoms with Crippen LogP contribution in [0, 0.1) is 11.8 Å². The summed E-state index contributed by atoms with van der Waals surface area (Å²) >= 11 is 1.42. The van der Waals surface area contributed by atoms with Crippen molar-refractivity contribution in [3.05, 3.63) is 52.0 Å². The third-order valence-corrected chi connectivity index (χ3v) is 7.23. The largest absolute Gasteiger partial charge is 0.445 e. The number of amides is 4. The number of thiazole rings is 1. The van der Waals surface area contributed by atoms with E-state index in [1.807, 2.05) is 30.3 Å². The van der Waals surface area contributed by atoms with Crippen molar-refractivity contribution in [1.29, 1.82) is 0 Å². The van der Waals surface area contributed by atoms with E-state index in [4.69, 9.17) is 4.74 Å². The van der Waals surface area contributed by atoms with Gasteiger partial charge < -0.3 is 26.0 Å². The number of ketones is 1. The van der Waals surface area contributed by atoms with Crippen LogP contribution in [0.25, 0.3) is 0 Å². The molecule has 3 unspecified atom stereocenters. The molecule has 0 aliphatic carbocycles. The van der Waals surface area contributed by atoms with E-state index < -0.39 is 47.7 Å². The number of benzene rings is 1. The average Bonchev–Trinajstić information content (AvgIpc) is 3.35. The normalized spacial score (nSPS) is 17.1. The monoisotopic (exact) mass is 557 g/mol. The highest BCUT2D eigenvalue weighted by Crippen LogP contribution is 2.17. The second-order valence-corrected chi connectivity index (χ2v) is 11.0. The molecule has 0 radical (unpaired) electrons. The summed E-state index contributed by atoms with van der Waals surface area (Å²) in [5, 5.41) is 10.5. The number of alkyl carbamates (subject to hydrolysis) is 1. The van der Waals surface area contributed by atoms with Gasteiger partial charge in [0.1, 0.15) is 24.7 Å². The zero-order chi connectivity index (χ0) is 28.5. The number of Topliss-reactive ketones (excluding diaryl/α,β-unsaturated/α-hetero) is 1. The van der Waals surface area contributed by atoms with E-state index >= 15 is 0 Å². The summed E-state index contributed by atoms with van der Waals surface area (Å²) in [6.45, 7) is 7.33. The van der Waals surface area contributed by atoms with Crippen molar-refractivity contribution in [2.24, 2.45) is 11.8 Å². The van der Waals surface area contributed by atoms with Gasteiger partial charge in [-0.1, -0.05) is 58.0 Å². The van der Waals surface area contributed by atoms with Crippen LogP contribution < -0.4 is 21.3 Å². The van der Waals surface area contributed by atoms with Gasteiger partial charge in [-0.2, -0.15) is 0 Å². The number of aromatic nitrogens is 1. The Kier molecular flexibility index (Phi) is 10.6. The number of nitrogens with zero attached hydrogens (tertiary/aromatic N) is 1. The van der Waals surface area contributed by atoms with Crippen LogP contribution in [0.3, 0.4) is 0 Å². The third kappa shape index (κ3) is 8.34. The molecule has 4 amide bonds. The molecule has 1 aliphatic heterocycles. The SMILES string of the molecule is CC(C)C(NC(=O)OCc1ccccc1)C(=O)NC(C(=O)NC1Cc2ncsc2CCNC(=O)C1=O)C(C)C. The number of carbonyl (C=O) groups excluding carboxylic acids is 5. The fraction of sp³-hybridized carbons (Fsp3) is 0.481. The summed E-state index contributed by atoms with van der Waals surface area (Å²) < 4.78 is 5.25. The standard InChI is InChI=1S/C27H35N5O6S/c1-15(2)21(24(34)30-19-12-18-20(39-14-29-18)10-11-28-26(36)23(19)33)31-25(35)22(16(3)4)32-27(37)38-13-17-8-6-5-7-9-17/h5-9,14-16,19,21-22H,10-13H2,1-4H3,(H,28,36)(H,30,34)(H,31,35)(H,32,37). The summed E-state index contributed by atoms with van der Waals surface area (Å²) in [5.41, 5.74) is 3.12. The van der Waals surface area contributed by atoms with Gasteiger partial charge in [-0.15, -0.1) is 11.3 Å². The van der Waals surface area contributed by atoms with Crippen molar-refractivity contribution >= 4 is 40.9 Å². The van der Waals surface area contributed by atoms with Gasteiger partial charge >= 0.3 is 6.09 Å². The minimum atomic E-state index is -1.14. The molecule has 210 valence electrons. The van der Waals surface area contributed by atoms with Crippen molar-refractivity contribution in [2.75, 3.05) is 6.54 Å². The molecule has 1 aromatic carbocycles. The van der Waals surface area contributed by atoms with E-state index in [0.29, 0.717) is 18.7 Å². The Hall–Kier alpha value is -3.80. The molecule has 3 atom stereocenters. The second kappa shape index (κ2) is 13.8. The van der Waals surface area contributed by atoms with E-state index in [2.05, 4.69) is 26.3 Å². The highest BCUT2D eigenvalue weighted by Gasteiger charge is 2.35. The van der Waals surface area contributed by atoms with Gasteiger partial charge in [-0.3, -0.25) is 19.2 Å². The molecule has 11 nitrogen and oxygen atoms in total. The molecule has 39 heavy (non-hydrogen) atoms. The lowest BCUT2D eigenvalue weighted by Crippen LogP contribution is -2.59. The van der Waals surface area contributed by atoms with Gasteiger partial charge in [0.25, 0.3) is 5.91 Å². The molecule has 4 N–H and O–H groups in total. The summed E-state index contributed by atoms with van der Waals surface area (Å²) in [6.07, 6.45) is -0.152. The smallest absolute Gasteiger partial charge is 0.408 e. The maximum Gasteiger partial charge on any atom is 0.408 e. The lowest BCUT2D eigenvalue weighted by molar-refractivity contribution is -0.140. The van der Waals surface area contributed by atoms with E-state index in [9.17, 15) is 24.0 Å². The molecule has 3 rings (SSSR count). The average molecular weight is 558 g/mol. The molecule has 1 aliphatic rings. The predicted molar refractivity (Wildman–Crippen MR) is 145 cm³/mol. The Morgan fingerprint density at radius 2 is 1.69 bits per heavy atom. The topological polar surface area (TPSA) is 156 Å². The van der Waals surface area contributed by atoms with E-state index in [0.717, 1.165) is 10.4 Å². The Morgan fingerprint density at radius 3 is 2.36 bits per heavy atom. The Labute approximate surface area is 231 Å². The van der Waals surface area contributed by atoms with Crippen molar-refractivity contribution < 1.29 is 28.7 Å². The van der Waals surface area contributed by atoms with Gasteiger partial charge in [0.2, 0.25) is 17.6 Å². The molecule has 0 fully saturated rings. The van der Waals surface area contributed by atoms with Crippen LogP contribution >= 0.6 is 11.3 Å². The number of hydrogen-bond acceptors (Lipinski definition) is 8. The van der Waals surface area contributed by atoms with Crippen LogP contribution in [-0.2, 0) is 43.4 Å². The Morgan fingerprint density at radius 1 is 1.03 bits per heavy atom. The van der Waals surface area contributed by atoms with Crippen LogP contribution in [0.4, 0.5) is 4.79 Å². The first kappa shape index (κ1) is 29.8. The molecular weight excluding hydrogens is 522 g/mol. The lowest BCUT2D eigenvalue weighted by Gasteiger charge is -2.28. The number of hydrogen-bond donors (Lipinski definition) is 4. The fourth-order valence-corrected chi connectivity index (χ4v) is 4.87. The molecular formula is C27H35N5O6S. The zero-order valence-electron chi connectivity index (χ0n) is 22.5. The molecule has 0 saturated heterocycles. The van der Waals surface area contributed by atoms with E-state index in [1.165, 1.54) is 11.3 Å². The number of fused-ring (bicyclic) bond motifs is 1. The number of rotatable bonds is 9. The number of carbonyl (C=O) groups is 5. The summed E-state index contributed by atoms with van der Waals surface area (Å²) in [7, 11) is 0. The summed E-state index contributed by atoms with van der Waals surface area (Å²) in [4.78, 5) is 69.3. The van der Waals surface area contributed by atoms with Crippen LogP contribution in [0.1, 0.15) is 43.8 Å². The zero-order valence-corrected chi connectivity index (χ0v) is 23.3. The molecule has 1 aromatic heterocycles. The quantitative estimate of drug-likeness (QED) is 0.341. The molecule has 2 heterocycles. The van der Waals surface area contributed by atoms with E-state index in [1.54, 1.807) is 33.2 Å². The van der Waals surface area contributed by atoms with Crippen molar-refractivity contribution in [1.82, 2.24) is 26.3 Å². The molecule has 0 bridgehead atoms. The molecule has 2 aromatic rings. The van der Waals surface area contributed by atoms with Gasteiger partial charge in [-0.25, -0.2) is 9.78 Å². The van der Waals surface area contributed by atoms with Crippen molar-refractivity contribution in [3.8, 4) is 0 Å². The molecule has 0 saturated carbocycles. The molecule has 12 heteroatoms. The minimum absolute atomic E-state index is 0.0415. The number of nitrogens with one attached hydrogen (secondary N) is 4. The maximum atomic E-state index is 13.3. The minimum Gasteiger partial charge on any atom is -0.445 e. The Bertz CT molecular complexity index is 1180. The first-order valence-corrected chi connectivity index (χ1v) is 13.8. The summed E-state index contributed by atoms with van der Waals surface area (Å²) in [5.74, 6) is -3.42. The number of ether oxygens (including phenoxy) is 1. The van der Waals surface area contributed by atoms with Crippen LogP contribution in [-0.4, -0.2) is 59.3 Å². The van der Waals surface area contributed by atoms with E-state index in [-0.39, 0.29) is 24.9 Å². The van der Waals surface area contributed by atoms with Gasteiger partial charge in [0.05, 0.1) is 11.2 Å². The fourth-order valence-electron chi connectivity index (χ4n) is 4.07. The molecule has 0 spiro atoms. The highest BCUT2D eigenvalue weighted by atomic mass is 32.1. The van der Waals surface area contributed by atoms with Crippen LogP contribution in [0.15, 0.2) is 35.8 Å². The van der Waals surface area contributed by atoms with Crippen LogP contribution in [0.5, 0.6) is 0 Å². The first-order chi connectivity index (χ1) is 18.6. The first-order valence-electron chi connectivity index (χ1n) is 12.9.